The van der Waals surface area contributed by atoms with Gasteiger partial charge in [0.25, 0.3) is 0 Å². The van der Waals surface area contributed by atoms with E-state index in [1.807, 2.05) is 6.92 Å². The van der Waals surface area contributed by atoms with Crippen LogP contribution in [-0.4, -0.2) is 30.6 Å². The molecule has 0 saturated heterocycles. The van der Waals surface area contributed by atoms with E-state index in [9.17, 15) is 4.79 Å². The largest absolute Gasteiger partial charge is 0.462 e. The maximum atomic E-state index is 11.9. The molecule has 102 valence electrons. The van der Waals surface area contributed by atoms with Crippen molar-refractivity contribution in [2.75, 3.05) is 24.3 Å². The zero-order chi connectivity index (χ0) is 14.4. The molecule has 1 aromatic rings. The fraction of sp³-hybridized carbons (Fsp3) is 0.462. The highest BCUT2D eigenvalue weighted by Gasteiger charge is 2.20. The van der Waals surface area contributed by atoms with E-state index in [-0.39, 0.29) is 12.6 Å². The number of rotatable bonds is 5. The zero-order valence-electron chi connectivity index (χ0n) is 11.4. The Hall–Kier alpha value is -2.29. The first-order chi connectivity index (χ1) is 9.01. The molecule has 0 fully saturated rings. The third-order valence-corrected chi connectivity index (χ3v) is 2.77. The van der Waals surface area contributed by atoms with Gasteiger partial charge in [-0.1, -0.05) is 0 Å². The summed E-state index contributed by atoms with van der Waals surface area (Å²) in [6, 6.07) is 3.57. The number of nitriles is 1. The molecule has 1 aromatic heterocycles. The van der Waals surface area contributed by atoms with Gasteiger partial charge in [-0.25, -0.2) is 9.78 Å². The smallest absolute Gasteiger partial charge is 0.341 e. The van der Waals surface area contributed by atoms with E-state index in [0.717, 1.165) is 0 Å². The van der Waals surface area contributed by atoms with E-state index in [4.69, 9.17) is 15.7 Å². The van der Waals surface area contributed by atoms with E-state index in [1.54, 1.807) is 18.9 Å². The van der Waals surface area contributed by atoms with Crippen LogP contribution in [0.15, 0.2) is 12.3 Å². The Morgan fingerprint density at radius 1 is 1.68 bits per heavy atom. The van der Waals surface area contributed by atoms with Crippen molar-refractivity contribution in [2.24, 2.45) is 0 Å². The van der Waals surface area contributed by atoms with Crippen molar-refractivity contribution in [3.63, 3.8) is 0 Å². The number of pyridine rings is 1. The third-order valence-electron chi connectivity index (χ3n) is 2.77. The topological polar surface area (TPSA) is 92.2 Å². The maximum Gasteiger partial charge on any atom is 0.341 e. The Labute approximate surface area is 112 Å². The lowest BCUT2D eigenvalue weighted by Gasteiger charge is -2.25. The average Bonchev–Trinajstić information content (AvgIpc) is 2.38. The molecule has 0 spiro atoms. The van der Waals surface area contributed by atoms with Crippen LogP contribution in [-0.2, 0) is 4.74 Å². The molecular weight excluding hydrogens is 244 g/mol. The van der Waals surface area contributed by atoms with Gasteiger partial charge in [0.15, 0.2) is 0 Å². The molecule has 1 unspecified atom stereocenters. The Morgan fingerprint density at radius 2 is 2.37 bits per heavy atom. The lowest BCUT2D eigenvalue weighted by atomic mass is 10.1. The first-order valence-electron chi connectivity index (χ1n) is 6.03. The minimum Gasteiger partial charge on any atom is -0.462 e. The van der Waals surface area contributed by atoms with Crippen molar-refractivity contribution in [1.82, 2.24) is 4.98 Å². The number of carbonyl (C=O) groups excluding carboxylic acids is 1. The predicted molar refractivity (Wildman–Crippen MR) is 72.7 cm³/mol. The first kappa shape index (κ1) is 14.8. The lowest BCUT2D eigenvalue weighted by molar-refractivity contribution is 0.0526. The van der Waals surface area contributed by atoms with Crippen molar-refractivity contribution in [3.05, 3.63) is 17.8 Å². The molecule has 0 aliphatic carbocycles. The number of hydrogen-bond acceptors (Lipinski definition) is 6. The van der Waals surface area contributed by atoms with Gasteiger partial charge in [-0.15, -0.1) is 0 Å². The molecule has 6 heteroatoms. The quantitative estimate of drug-likeness (QED) is 0.810. The van der Waals surface area contributed by atoms with Gasteiger partial charge in [-0.3, -0.25) is 0 Å². The number of nitrogen functional groups attached to an aromatic ring is 1. The number of hydrogen-bond donors (Lipinski definition) is 1. The summed E-state index contributed by atoms with van der Waals surface area (Å²) in [5, 5.41) is 8.73. The monoisotopic (exact) mass is 262 g/mol. The summed E-state index contributed by atoms with van der Waals surface area (Å²) in [7, 11) is 1.78. The average molecular weight is 262 g/mol. The Kier molecular flexibility index (Phi) is 5.12. The second kappa shape index (κ2) is 6.59. The number of aromatic nitrogens is 1. The molecular formula is C13H18N4O2. The first-order valence-corrected chi connectivity index (χ1v) is 6.03. The molecule has 1 heterocycles. The molecule has 0 aliphatic rings. The molecule has 2 N–H and O–H groups in total. The molecule has 6 nitrogen and oxygen atoms in total. The number of esters is 1. The fourth-order valence-corrected chi connectivity index (χ4v) is 1.59. The van der Waals surface area contributed by atoms with E-state index < -0.39 is 5.97 Å². The highest BCUT2D eigenvalue weighted by Crippen LogP contribution is 2.22. The molecule has 0 radical (unpaired) electrons. The molecule has 0 saturated carbocycles. The van der Waals surface area contributed by atoms with E-state index in [0.29, 0.717) is 23.5 Å². The van der Waals surface area contributed by atoms with Crippen molar-refractivity contribution in [1.29, 1.82) is 5.26 Å². The summed E-state index contributed by atoms with van der Waals surface area (Å²) in [6.45, 7) is 3.90. The van der Waals surface area contributed by atoms with Crippen LogP contribution in [0.25, 0.3) is 0 Å². The number of nitrogens with two attached hydrogens (primary N) is 1. The third kappa shape index (κ3) is 3.58. The molecule has 19 heavy (non-hydrogen) atoms. The molecule has 0 bridgehead atoms. The van der Waals surface area contributed by atoms with E-state index in [1.165, 1.54) is 12.3 Å². The molecule has 0 aliphatic heterocycles. The van der Waals surface area contributed by atoms with Gasteiger partial charge in [0.05, 0.1) is 31.0 Å². The number of anilines is 2. The van der Waals surface area contributed by atoms with Crippen molar-refractivity contribution in [3.8, 4) is 6.07 Å². The van der Waals surface area contributed by atoms with Crippen LogP contribution in [0.2, 0.25) is 0 Å². The van der Waals surface area contributed by atoms with Crippen LogP contribution in [0.4, 0.5) is 11.5 Å². The molecule has 1 atom stereocenters. The Bertz CT molecular complexity index is 496. The molecule has 0 amide bonds. The van der Waals surface area contributed by atoms with Gasteiger partial charge in [0.1, 0.15) is 11.4 Å². The SMILES string of the molecule is CCOC(=O)c1cc(N)cnc1N(C)C(C)CC#N. The second-order valence-electron chi connectivity index (χ2n) is 4.18. The molecule has 0 aromatic carbocycles. The van der Waals surface area contributed by atoms with Gasteiger partial charge < -0.3 is 15.4 Å². The normalized spacial score (nSPS) is 11.5. The van der Waals surface area contributed by atoms with Gasteiger partial charge in [-0.2, -0.15) is 5.26 Å². The van der Waals surface area contributed by atoms with Crippen molar-refractivity contribution in [2.45, 2.75) is 26.3 Å². The standard InChI is InChI=1S/C13H18N4O2/c1-4-19-13(18)11-7-10(15)8-16-12(11)17(3)9(2)5-6-14/h7-9H,4-5,15H2,1-3H3. The van der Waals surface area contributed by atoms with Crippen LogP contribution in [0.5, 0.6) is 0 Å². The minimum absolute atomic E-state index is 0.0608. The summed E-state index contributed by atoms with van der Waals surface area (Å²) in [4.78, 5) is 17.8. The van der Waals surface area contributed by atoms with Crippen LogP contribution in [0, 0.1) is 11.3 Å². The van der Waals surface area contributed by atoms with Gasteiger partial charge in [-0.05, 0) is 19.9 Å². The molecule has 1 rings (SSSR count). The van der Waals surface area contributed by atoms with E-state index in [2.05, 4.69) is 11.1 Å². The minimum atomic E-state index is -0.465. The highest BCUT2D eigenvalue weighted by atomic mass is 16.5. The summed E-state index contributed by atoms with van der Waals surface area (Å²) in [5.41, 5.74) is 6.37. The summed E-state index contributed by atoms with van der Waals surface area (Å²) in [5.74, 6) is 0.00343. The second-order valence-corrected chi connectivity index (χ2v) is 4.18. The Morgan fingerprint density at radius 3 is 2.95 bits per heavy atom. The maximum absolute atomic E-state index is 11.9. The highest BCUT2D eigenvalue weighted by molar-refractivity contribution is 5.95. The van der Waals surface area contributed by atoms with Gasteiger partial charge >= 0.3 is 5.97 Å². The van der Waals surface area contributed by atoms with Crippen molar-refractivity contribution >= 4 is 17.5 Å². The summed E-state index contributed by atoms with van der Waals surface area (Å²) in [6.07, 6.45) is 1.82. The number of nitrogens with zero attached hydrogens (tertiary/aromatic N) is 3. The lowest BCUT2D eigenvalue weighted by Crippen LogP contribution is -2.31. The summed E-state index contributed by atoms with van der Waals surface area (Å²) < 4.78 is 4.99. The summed E-state index contributed by atoms with van der Waals surface area (Å²) >= 11 is 0. The zero-order valence-corrected chi connectivity index (χ0v) is 11.4. The van der Waals surface area contributed by atoms with Crippen LogP contribution in [0.3, 0.4) is 0 Å². The number of carbonyl (C=O) groups is 1. The number of ether oxygens (including phenoxy) is 1. The van der Waals surface area contributed by atoms with Gasteiger partial charge in [0, 0.05) is 13.1 Å². The predicted octanol–water partition coefficient (Wildman–Crippen LogP) is 1.58. The van der Waals surface area contributed by atoms with Crippen LogP contribution >= 0.6 is 0 Å². The van der Waals surface area contributed by atoms with Gasteiger partial charge in [0.2, 0.25) is 0 Å². The van der Waals surface area contributed by atoms with Crippen LogP contribution < -0.4 is 10.6 Å². The van der Waals surface area contributed by atoms with E-state index >= 15 is 0 Å². The fourth-order valence-electron chi connectivity index (χ4n) is 1.59. The van der Waals surface area contributed by atoms with Crippen LogP contribution in [0.1, 0.15) is 30.6 Å². The Balaban J connectivity index is 3.13. The van der Waals surface area contributed by atoms with Crippen molar-refractivity contribution < 1.29 is 9.53 Å².